The van der Waals surface area contributed by atoms with Crippen LogP contribution in [0.5, 0.6) is 0 Å². The molecule has 0 atom stereocenters. The van der Waals surface area contributed by atoms with Crippen LogP contribution >= 0.6 is 11.8 Å². The van der Waals surface area contributed by atoms with Crippen molar-refractivity contribution in [2.45, 2.75) is 28.9 Å². The van der Waals surface area contributed by atoms with E-state index in [0.29, 0.717) is 16.8 Å². The van der Waals surface area contributed by atoms with E-state index in [4.69, 9.17) is 5.26 Å². The van der Waals surface area contributed by atoms with Gasteiger partial charge in [-0.05, 0) is 36.7 Å². The molecule has 2 heterocycles. The number of rotatable bonds is 3. The van der Waals surface area contributed by atoms with Crippen molar-refractivity contribution in [3.8, 4) is 6.07 Å². The van der Waals surface area contributed by atoms with Crippen LogP contribution in [-0.4, -0.2) is 20.2 Å². The van der Waals surface area contributed by atoms with Gasteiger partial charge in [-0.1, -0.05) is 6.07 Å². The van der Waals surface area contributed by atoms with Crippen molar-refractivity contribution in [2.75, 3.05) is 0 Å². The van der Waals surface area contributed by atoms with Gasteiger partial charge in [0.25, 0.3) is 0 Å². The predicted molar refractivity (Wildman–Crippen MR) is 61.4 cm³/mol. The second kappa shape index (κ2) is 4.18. The monoisotopic (exact) mass is 243 g/mol. The highest BCUT2D eigenvalue weighted by Crippen LogP contribution is 2.38. The number of hydrogen-bond acceptors (Lipinski definition) is 5. The molecular formula is C11H9N5S. The summed E-state index contributed by atoms with van der Waals surface area (Å²) < 4.78 is 0. The van der Waals surface area contributed by atoms with Crippen molar-refractivity contribution < 1.29 is 0 Å². The van der Waals surface area contributed by atoms with Crippen molar-refractivity contribution >= 4 is 11.8 Å². The molecule has 3 rings (SSSR count). The number of nitrogens with one attached hydrogen (secondary N) is 1. The molecule has 2 aromatic rings. The number of nitriles is 1. The Morgan fingerprint density at radius 2 is 2.24 bits per heavy atom. The number of pyridine rings is 1. The fourth-order valence-corrected chi connectivity index (χ4v) is 2.18. The maximum absolute atomic E-state index is 8.75. The topological polar surface area (TPSA) is 78.2 Å². The summed E-state index contributed by atoms with van der Waals surface area (Å²) in [5, 5.41) is 17.2. The quantitative estimate of drug-likeness (QED) is 0.893. The smallest absolute Gasteiger partial charge is 0.214 e. The Morgan fingerprint density at radius 3 is 3.00 bits per heavy atom. The van der Waals surface area contributed by atoms with Gasteiger partial charge in [0.05, 0.1) is 0 Å². The van der Waals surface area contributed by atoms with Gasteiger partial charge >= 0.3 is 0 Å². The molecule has 1 aliphatic carbocycles. The first-order chi connectivity index (χ1) is 8.35. The molecular weight excluding hydrogens is 234 g/mol. The second-order valence-electron chi connectivity index (χ2n) is 3.85. The minimum absolute atomic E-state index is 0.410. The van der Waals surface area contributed by atoms with Gasteiger partial charge in [-0.15, -0.1) is 5.10 Å². The molecule has 0 bridgehead atoms. The fourth-order valence-electron chi connectivity index (χ4n) is 1.47. The Balaban J connectivity index is 1.78. The summed E-state index contributed by atoms with van der Waals surface area (Å²) in [6.45, 7) is 0. The van der Waals surface area contributed by atoms with Crippen LogP contribution in [0.1, 0.15) is 30.3 Å². The van der Waals surface area contributed by atoms with Crippen LogP contribution in [0.2, 0.25) is 0 Å². The molecule has 0 radical (unpaired) electrons. The lowest BCUT2D eigenvalue weighted by Crippen LogP contribution is -1.85. The molecule has 6 heteroatoms. The molecule has 1 N–H and O–H groups in total. The molecule has 0 amide bonds. The summed E-state index contributed by atoms with van der Waals surface area (Å²) in [5.74, 6) is 1.53. The van der Waals surface area contributed by atoms with Crippen molar-refractivity contribution in [1.82, 2.24) is 20.2 Å². The zero-order valence-corrected chi connectivity index (χ0v) is 9.74. The third kappa shape index (κ3) is 2.29. The average Bonchev–Trinajstić information content (AvgIpc) is 3.11. The Bertz CT molecular complexity index is 582. The van der Waals surface area contributed by atoms with Gasteiger partial charge in [0, 0.05) is 5.92 Å². The lowest BCUT2D eigenvalue weighted by Gasteiger charge is -1.95. The van der Waals surface area contributed by atoms with Crippen molar-refractivity contribution in [2.24, 2.45) is 0 Å². The van der Waals surface area contributed by atoms with E-state index < -0.39 is 0 Å². The van der Waals surface area contributed by atoms with Gasteiger partial charge in [0.1, 0.15) is 22.6 Å². The summed E-state index contributed by atoms with van der Waals surface area (Å²) >= 11 is 1.37. The second-order valence-corrected chi connectivity index (χ2v) is 4.84. The van der Waals surface area contributed by atoms with Crippen LogP contribution in [0.4, 0.5) is 0 Å². The van der Waals surface area contributed by atoms with Gasteiger partial charge < -0.3 is 0 Å². The third-order valence-corrected chi connectivity index (χ3v) is 3.28. The van der Waals surface area contributed by atoms with E-state index in [1.165, 1.54) is 24.6 Å². The van der Waals surface area contributed by atoms with Crippen LogP contribution < -0.4 is 0 Å². The molecule has 1 fully saturated rings. The van der Waals surface area contributed by atoms with E-state index >= 15 is 0 Å². The molecule has 2 aromatic heterocycles. The zero-order chi connectivity index (χ0) is 11.7. The van der Waals surface area contributed by atoms with Crippen molar-refractivity contribution in [3.63, 3.8) is 0 Å². The van der Waals surface area contributed by atoms with Gasteiger partial charge in [0.2, 0.25) is 5.16 Å². The molecule has 17 heavy (non-hydrogen) atoms. The Hall–Kier alpha value is -1.87. The zero-order valence-electron chi connectivity index (χ0n) is 8.92. The highest BCUT2D eigenvalue weighted by atomic mass is 32.2. The summed E-state index contributed by atoms with van der Waals surface area (Å²) in [5.41, 5.74) is 0.410. The third-order valence-electron chi connectivity index (χ3n) is 2.48. The number of aromatic amines is 1. The molecule has 1 saturated carbocycles. The molecule has 0 aromatic carbocycles. The SMILES string of the molecule is N#Cc1cccc(Sc2n[nH]c(C3CC3)n2)n1. The van der Waals surface area contributed by atoms with Crippen LogP contribution in [-0.2, 0) is 0 Å². The largest absolute Gasteiger partial charge is 0.262 e. The Labute approximate surface area is 102 Å². The standard InChI is InChI=1S/C11H9N5S/c12-6-8-2-1-3-9(13-8)17-11-14-10(15-16-11)7-4-5-7/h1-3,7H,4-5H2,(H,14,15,16). The molecule has 0 unspecified atom stereocenters. The first-order valence-corrected chi connectivity index (χ1v) is 6.14. The lowest BCUT2D eigenvalue weighted by atomic mass is 10.4. The predicted octanol–water partition coefficient (Wildman–Crippen LogP) is 2.10. The molecule has 0 aliphatic heterocycles. The Kier molecular flexibility index (Phi) is 2.53. The van der Waals surface area contributed by atoms with E-state index in [9.17, 15) is 0 Å². The fraction of sp³-hybridized carbons (Fsp3) is 0.273. The van der Waals surface area contributed by atoms with Crippen LogP contribution in [0.3, 0.4) is 0 Å². The van der Waals surface area contributed by atoms with Gasteiger partial charge in [-0.25, -0.2) is 9.97 Å². The van der Waals surface area contributed by atoms with Crippen LogP contribution in [0.15, 0.2) is 28.4 Å². The van der Waals surface area contributed by atoms with Crippen molar-refractivity contribution in [3.05, 3.63) is 29.7 Å². The highest BCUT2D eigenvalue weighted by molar-refractivity contribution is 7.99. The summed E-state index contributed by atoms with van der Waals surface area (Å²) in [4.78, 5) is 8.56. The number of H-pyrrole nitrogens is 1. The molecule has 5 nitrogen and oxygen atoms in total. The Morgan fingerprint density at radius 1 is 1.35 bits per heavy atom. The summed E-state index contributed by atoms with van der Waals surface area (Å²) in [7, 11) is 0. The van der Waals surface area contributed by atoms with Crippen molar-refractivity contribution in [1.29, 1.82) is 5.26 Å². The molecule has 0 saturated heterocycles. The van der Waals surface area contributed by atoms with Crippen LogP contribution in [0, 0.1) is 11.3 Å². The average molecular weight is 243 g/mol. The number of nitrogens with zero attached hydrogens (tertiary/aromatic N) is 4. The molecule has 84 valence electrons. The van der Waals surface area contributed by atoms with Gasteiger partial charge in [0.15, 0.2) is 0 Å². The van der Waals surface area contributed by atoms with E-state index in [2.05, 4.69) is 20.2 Å². The summed E-state index contributed by atoms with van der Waals surface area (Å²) in [6, 6.07) is 7.35. The van der Waals surface area contributed by atoms with E-state index in [-0.39, 0.29) is 0 Å². The first-order valence-electron chi connectivity index (χ1n) is 5.32. The van der Waals surface area contributed by atoms with E-state index in [1.54, 1.807) is 6.07 Å². The number of hydrogen-bond donors (Lipinski definition) is 1. The molecule has 1 aliphatic rings. The normalized spacial score (nSPS) is 14.5. The van der Waals surface area contributed by atoms with Gasteiger partial charge in [-0.3, -0.25) is 5.10 Å². The van der Waals surface area contributed by atoms with Gasteiger partial charge in [-0.2, -0.15) is 5.26 Å². The minimum Gasteiger partial charge on any atom is -0.262 e. The maximum atomic E-state index is 8.75. The lowest BCUT2D eigenvalue weighted by molar-refractivity contribution is 0.931. The minimum atomic E-state index is 0.410. The maximum Gasteiger partial charge on any atom is 0.214 e. The summed E-state index contributed by atoms with van der Waals surface area (Å²) in [6.07, 6.45) is 2.39. The van der Waals surface area contributed by atoms with E-state index in [0.717, 1.165) is 10.9 Å². The molecule has 0 spiro atoms. The first kappa shape index (κ1) is 10.3. The van der Waals surface area contributed by atoms with E-state index in [1.807, 2.05) is 18.2 Å². The number of aromatic nitrogens is 4. The highest BCUT2D eigenvalue weighted by Gasteiger charge is 2.27. The van der Waals surface area contributed by atoms with Crippen LogP contribution in [0.25, 0.3) is 0 Å².